The van der Waals surface area contributed by atoms with E-state index in [2.05, 4.69) is 23.3 Å². The number of aryl methyl sites for hydroxylation is 1. The Morgan fingerprint density at radius 3 is 2.24 bits per heavy atom. The zero-order valence-electron chi connectivity index (χ0n) is 21.7. The average molecular weight is 496 g/mol. The molecule has 0 spiro atoms. The third-order valence-electron chi connectivity index (χ3n) is 4.80. The second kappa shape index (κ2) is 12.3. The topological polar surface area (TPSA) is 108 Å². The van der Waals surface area contributed by atoms with Crippen molar-refractivity contribution < 1.29 is 24.2 Å². The van der Waals surface area contributed by atoms with Crippen LogP contribution in [0.2, 0.25) is 0 Å². The lowest BCUT2D eigenvalue weighted by Gasteiger charge is -2.36. The Morgan fingerprint density at radius 1 is 1.15 bits per heavy atom. The monoisotopic (exact) mass is 495 g/mol. The highest BCUT2D eigenvalue weighted by Crippen LogP contribution is 2.28. The molecule has 0 radical (unpaired) electrons. The molecule has 0 bridgehead atoms. The van der Waals surface area contributed by atoms with E-state index in [9.17, 15) is 19.5 Å². The first-order chi connectivity index (χ1) is 15.6. The van der Waals surface area contributed by atoms with Gasteiger partial charge >= 0.3 is 6.09 Å². The number of unbranched alkanes of at least 4 members (excludes halogenated alkanes) is 1. The third-order valence-corrected chi connectivity index (χ3v) is 5.17. The van der Waals surface area contributed by atoms with E-state index >= 15 is 0 Å². The molecule has 0 heterocycles. The molecule has 1 aromatic rings. The fourth-order valence-corrected chi connectivity index (χ4v) is 3.54. The number of amides is 3. The number of alkyl carbamates (subject to hydrolysis) is 1. The predicted molar refractivity (Wildman–Crippen MR) is 137 cm³/mol. The largest absolute Gasteiger partial charge is 0.508 e. The summed E-state index contributed by atoms with van der Waals surface area (Å²) < 4.78 is 5.31. The number of phenols is 1. The molecule has 0 saturated heterocycles. The molecule has 0 aromatic heterocycles. The van der Waals surface area contributed by atoms with E-state index in [0.717, 1.165) is 6.42 Å². The molecule has 34 heavy (non-hydrogen) atoms. The van der Waals surface area contributed by atoms with Gasteiger partial charge in [-0.25, -0.2) is 4.79 Å². The van der Waals surface area contributed by atoms with E-state index in [4.69, 9.17) is 4.74 Å². The maximum absolute atomic E-state index is 13.7. The Kier molecular flexibility index (Phi) is 10.7. The summed E-state index contributed by atoms with van der Waals surface area (Å²) >= 11 is 4.28. The summed E-state index contributed by atoms with van der Waals surface area (Å²) in [6.07, 6.45) is 0.733. The molecule has 192 valence electrons. The van der Waals surface area contributed by atoms with Gasteiger partial charge in [0.1, 0.15) is 23.4 Å². The SMILES string of the molecule is CCCCN(C(=O)C(CS)NC(=O)OC(C)(C)C)C(C(=O)NC(C)(C)C)c1ccc(O)c(C)c1. The number of benzene rings is 1. The molecule has 2 unspecified atom stereocenters. The lowest BCUT2D eigenvalue weighted by atomic mass is 9.98. The molecule has 0 saturated carbocycles. The van der Waals surface area contributed by atoms with Crippen molar-refractivity contribution in [3.05, 3.63) is 29.3 Å². The lowest BCUT2D eigenvalue weighted by molar-refractivity contribution is -0.142. The number of aromatic hydroxyl groups is 1. The van der Waals surface area contributed by atoms with Gasteiger partial charge in [0, 0.05) is 17.8 Å². The molecular formula is C25H41N3O5S. The minimum Gasteiger partial charge on any atom is -0.508 e. The number of phenolic OH excluding ortho intramolecular Hbond substituents is 1. The van der Waals surface area contributed by atoms with Gasteiger partial charge in [0.05, 0.1) is 0 Å². The number of nitrogens with zero attached hydrogens (tertiary/aromatic N) is 1. The first kappa shape index (κ1) is 29.6. The van der Waals surface area contributed by atoms with Crippen molar-refractivity contribution in [3.8, 4) is 5.75 Å². The highest BCUT2D eigenvalue weighted by molar-refractivity contribution is 7.80. The molecule has 0 aliphatic heterocycles. The molecule has 1 aromatic carbocycles. The molecule has 3 N–H and O–H groups in total. The zero-order chi connectivity index (χ0) is 26.3. The smallest absolute Gasteiger partial charge is 0.408 e. The highest BCUT2D eigenvalue weighted by Gasteiger charge is 2.36. The Morgan fingerprint density at radius 2 is 1.76 bits per heavy atom. The van der Waals surface area contributed by atoms with Gasteiger partial charge in [0.15, 0.2) is 0 Å². The normalized spacial score (nSPS) is 13.6. The van der Waals surface area contributed by atoms with Gasteiger partial charge in [-0.15, -0.1) is 0 Å². The van der Waals surface area contributed by atoms with Gasteiger partial charge in [-0.3, -0.25) is 9.59 Å². The minimum atomic E-state index is -0.988. The van der Waals surface area contributed by atoms with Gasteiger partial charge in [0.25, 0.3) is 0 Å². The molecule has 0 aliphatic carbocycles. The summed E-state index contributed by atoms with van der Waals surface area (Å²) in [5.74, 6) is -0.653. The predicted octanol–water partition coefficient (Wildman–Crippen LogP) is 4.11. The Labute approximate surface area is 209 Å². The molecule has 2 atom stereocenters. The van der Waals surface area contributed by atoms with Crippen LogP contribution < -0.4 is 10.6 Å². The number of rotatable bonds is 9. The molecule has 1 rings (SSSR count). The van der Waals surface area contributed by atoms with Crippen LogP contribution in [-0.2, 0) is 14.3 Å². The van der Waals surface area contributed by atoms with Crippen molar-refractivity contribution in [3.63, 3.8) is 0 Å². The molecule has 3 amide bonds. The van der Waals surface area contributed by atoms with E-state index in [0.29, 0.717) is 24.1 Å². The fourth-order valence-electron chi connectivity index (χ4n) is 3.29. The van der Waals surface area contributed by atoms with Crippen molar-refractivity contribution in [2.45, 2.75) is 91.5 Å². The van der Waals surface area contributed by atoms with Crippen molar-refractivity contribution in [2.75, 3.05) is 12.3 Å². The van der Waals surface area contributed by atoms with Crippen LogP contribution in [0.4, 0.5) is 4.79 Å². The van der Waals surface area contributed by atoms with Crippen LogP contribution in [0.25, 0.3) is 0 Å². The van der Waals surface area contributed by atoms with Crippen LogP contribution >= 0.6 is 12.6 Å². The number of ether oxygens (including phenoxy) is 1. The molecule has 0 fully saturated rings. The number of carbonyl (C=O) groups is 3. The summed E-state index contributed by atoms with van der Waals surface area (Å²) in [5.41, 5.74) is -0.101. The second-order valence-electron chi connectivity index (χ2n) is 10.5. The van der Waals surface area contributed by atoms with Crippen molar-refractivity contribution in [1.82, 2.24) is 15.5 Å². The average Bonchev–Trinajstić information content (AvgIpc) is 2.68. The highest BCUT2D eigenvalue weighted by atomic mass is 32.1. The second-order valence-corrected chi connectivity index (χ2v) is 10.8. The van der Waals surface area contributed by atoms with Crippen molar-refractivity contribution in [1.29, 1.82) is 0 Å². The van der Waals surface area contributed by atoms with Crippen LogP contribution in [0.15, 0.2) is 18.2 Å². The standard InChI is InChI=1S/C25H41N3O5S/c1-9-10-13-28(22(31)18(15-34)26-23(32)33-25(6,7)8)20(21(30)27-24(3,4)5)17-11-12-19(29)16(2)14-17/h11-12,14,18,20,29,34H,9-10,13,15H2,1-8H3,(H,26,32)(H,27,30). The van der Waals surface area contributed by atoms with E-state index in [1.807, 2.05) is 27.7 Å². The third kappa shape index (κ3) is 9.44. The van der Waals surface area contributed by atoms with Crippen LogP contribution in [0.1, 0.15) is 78.5 Å². The molecular weight excluding hydrogens is 454 g/mol. The zero-order valence-corrected chi connectivity index (χ0v) is 22.6. The number of carbonyl (C=O) groups excluding carboxylic acids is 3. The van der Waals surface area contributed by atoms with Crippen molar-refractivity contribution in [2.24, 2.45) is 0 Å². The Hall–Kier alpha value is -2.42. The summed E-state index contributed by atoms with van der Waals surface area (Å²) in [4.78, 5) is 41.0. The number of thiol groups is 1. The summed E-state index contributed by atoms with van der Waals surface area (Å²) in [7, 11) is 0. The minimum absolute atomic E-state index is 0.0307. The number of nitrogens with one attached hydrogen (secondary N) is 2. The van der Waals surface area contributed by atoms with Crippen molar-refractivity contribution >= 4 is 30.5 Å². The first-order valence-electron chi connectivity index (χ1n) is 11.6. The Bertz CT molecular complexity index is 861. The van der Waals surface area contributed by atoms with Crippen LogP contribution in [0.5, 0.6) is 5.75 Å². The van der Waals surface area contributed by atoms with Crippen LogP contribution in [0.3, 0.4) is 0 Å². The van der Waals surface area contributed by atoms with Crippen LogP contribution in [0, 0.1) is 6.92 Å². The van der Waals surface area contributed by atoms with Gasteiger partial charge in [-0.05, 0) is 78.1 Å². The quantitative estimate of drug-likeness (QED) is 0.386. The summed E-state index contributed by atoms with van der Waals surface area (Å²) in [6, 6.07) is 2.90. The van der Waals surface area contributed by atoms with Gasteiger partial charge in [0.2, 0.25) is 11.8 Å². The van der Waals surface area contributed by atoms with E-state index in [1.54, 1.807) is 39.8 Å². The summed E-state index contributed by atoms with van der Waals surface area (Å²) in [6.45, 7) is 14.8. The molecule has 8 nitrogen and oxygen atoms in total. The first-order valence-corrected chi connectivity index (χ1v) is 12.2. The lowest BCUT2D eigenvalue weighted by Crippen LogP contribution is -2.55. The van der Waals surface area contributed by atoms with Gasteiger partial charge in [-0.1, -0.05) is 19.4 Å². The molecule has 9 heteroatoms. The fraction of sp³-hybridized carbons (Fsp3) is 0.640. The maximum atomic E-state index is 13.7. The number of hydrogen-bond donors (Lipinski definition) is 4. The van der Waals surface area contributed by atoms with E-state index in [1.165, 1.54) is 11.0 Å². The van der Waals surface area contributed by atoms with E-state index < -0.39 is 35.2 Å². The number of hydrogen-bond acceptors (Lipinski definition) is 6. The maximum Gasteiger partial charge on any atom is 0.408 e. The van der Waals surface area contributed by atoms with Gasteiger partial charge < -0.3 is 25.4 Å². The molecule has 0 aliphatic rings. The van der Waals surface area contributed by atoms with E-state index in [-0.39, 0.29) is 17.4 Å². The Balaban J connectivity index is 3.45. The summed E-state index contributed by atoms with van der Waals surface area (Å²) in [5, 5.41) is 15.6. The van der Waals surface area contributed by atoms with Crippen LogP contribution in [-0.4, -0.2) is 57.4 Å². The van der Waals surface area contributed by atoms with Gasteiger partial charge in [-0.2, -0.15) is 12.6 Å².